The van der Waals surface area contributed by atoms with Crippen molar-refractivity contribution in [2.24, 2.45) is 10.9 Å². The maximum Gasteiger partial charge on any atom is 0.411 e. The molecule has 2 aromatic rings. The van der Waals surface area contributed by atoms with Gasteiger partial charge >= 0.3 is 6.09 Å². The molecule has 0 aliphatic rings. The fourth-order valence-corrected chi connectivity index (χ4v) is 2.66. The van der Waals surface area contributed by atoms with Crippen LogP contribution < -0.4 is 20.7 Å². The lowest BCUT2D eigenvalue weighted by Crippen LogP contribution is -2.38. The molecule has 0 spiro atoms. The molecular weight excluding hydrogens is 380 g/mol. The Labute approximate surface area is 178 Å². The van der Waals surface area contributed by atoms with Gasteiger partial charge in [-0.15, -0.1) is 0 Å². The molecule has 7 nitrogen and oxygen atoms in total. The third kappa shape index (κ3) is 7.66. The number of amides is 1. The molecule has 1 amide bonds. The van der Waals surface area contributed by atoms with Crippen molar-refractivity contribution in [3.05, 3.63) is 59.7 Å². The lowest BCUT2D eigenvalue weighted by atomic mass is 10.1. The Balaban J connectivity index is 1.85. The average Bonchev–Trinajstić information content (AvgIpc) is 2.76. The van der Waals surface area contributed by atoms with Gasteiger partial charge in [0.2, 0.25) is 0 Å². The van der Waals surface area contributed by atoms with Gasteiger partial charge < -0.3 is 20.1 Å². The zero-order valence-electron chi connectivity index (χ0n) is 18.4. The smallest absolute Gasteiger partial charge is 0.411 e. The number of hydrogen-bond donors (Lipinski definition) is 3. The van der Waals surface area contributed by atoms with Crippen LogP contribution in [0, 0.1) is 5.92 Å². The van der Waals surface area contributed by atoms with Crippen molar-refractivity contribution in [1.29, 1.82) is 0 Å². The van der Waals surface area contributed by atoms with E-state index in [0.29, 0.717) is 30.7 Å². The monoisotopic (exact) mass is 412 g/mol. The molecule has 2 rings (SSSR count). The number of rotatable bonds is 8. The summed E-state index contributed by atoms with van der Waals surface area (Å²) >= 11 is 0. The van der Waals surface area contributed by atoms with Crippen LogP contribution in [0.4, 0.5) is 10.5 Å². The molecule has 30 heavy (non-hydrogen) atoms. The van der Waals surface area contributed by atoms with E-state index in [1.807, 2.05) is 36.4 Å². The van der Waals surface area contributed by atoms with Crippen LogP contribution in [-0.4, -0.2) is 32.8 Å². The third-order valence-electron chi connectivity index (χ3n) is 4.39. The summed E-state index contributed by atoms with van der Waals surface area (Å²) in [6.07, 6.45) is -0.487. The fraction of sp³-hybridized carbons (Fsp3) is 0.391. The Morgan fingerprint density at radius 3 is 2.27 bits per heavy atom. The van der Waals surface area contributed by atoms with Crippen LogP contribution in [0.1, 0.15) is 37.9 Å². The van der Waals surface area contributed by atoms with Gasteiger partial charge in [-0.1, -0.05) is 38.1 Å². The molecule has 1 atom stereocenters. The summed E-state index contributed by atoms with van der Waals surface area (Å²) in [6, 6.07) is 15.7. The van der Waals surface area contributed by atoms with E-state index in [0.717, 1.165) is 16.9 Å². The molecule has 3 N–H and O–H groups in total. The van der Waals surface area contributed by atoms with E-state index in [1.165, 1.54) is 7.11 Å². The van der Waals surface area contributed by atoms with Crippen molar-refractivity contribution < 1.29 is 14.3 Å². The standard InChI is InChI=1S/C23H32N4O3/c1-16(2)15-30-21-12-8-19(9-13-21)17(3)26-22(24-4)25-14-18-6-10-20(11-7-18)27-23(28)29-5/h6-13,16-17H,14-15H2,1-5H3,(H,27,28)(H2,24,25,26). The van der Waals surface area contributed by atoms with Crippen LogP contribution in [0.15, 0.2) is 53.5 Å². The quantitative estimate of drug-likeness (QED) is 0.444. The molecule has 0 fully saturated rings. The summed E-state index contributed by atoms with van der Waals surface area (Å²) in [4.78, 5) is 15.5. The van der Waals surface area contributed by atoms with Crippen molar-refractivity contribution in [3.63, 3.8) is 0 Å². The Morgan fingerprint density at radius 2 is 1.70 bits per heavy atom. The van der Waals surface area contributed by atoms with E-state index in [-0.39, 0.29) is 6.04 Å². The van der Waals surface area contributed by atoms with Crippen molar-refractivity contribution in [3.8, 4) is 5.75 Å². The predicted molar refractivity (Wildman–Crippen MR) is 121 cm³/mol. The van der Waals surface area contributed by atoms with Crippen molar-refractivity contribution in [2.45, 2.75) is 33.4 Å². The number of aliphatic imine (C=N–C) groups is 1. The van der Waals surface area contributed by atoms with E-state index in [4.69, 9.17) is 4.74 Å². The predicted octanol–water partition coefficient (Wildman–Crippen LogP) is 4.33. The minimum absolute atomic E-state index is 0.0852. The highest BCUT2D eigenvalue weighted by Crippen LogP contribution is 2.18. The molecule has 162 valence electrons. The molecule has 0 aliphatic heterocycles. The molecule has 7 heteroatoms. The molecule has 0 heterocycles. The fourth-order valence-electron chi connectivity index (χ4n) is 2.66. The summed E-state index contributed by atoms with van der Waals surface area (Å²) in [6.45, 7) is 7.67. The lowest BCUT2D eigenvalue weighted by Gasteiger charge is -2.19. The van der Waals surface area contributed by atoms with E-state index >= 15 is 0 Å². The van der Waals surface area contributed by atoms with Crippen LogP contribution in [0.25, 0.3) is 0 Å². The topological polar surface area (TPSA) is 84.0 Å². The van der Waals surface area contributed by atoms with Gasteiger partial charge in [0.15, 0.2) is 5.96 Å². The highest BCUT2D eigenvalue weighted by Gasteiger charge is 2.09. The largest absolute Gasteiger partial charge is 0.493 e. The Morgan fingerprint density at radius 1 is 1.03 bits per heavy atom. The summed E-state index contributed by atoms with van der Waals surface area (Å²) in [5, 5.41) is 9.33. The molecule has 0 aromatic heterocycles. The highest BCUT2D eigenvalue weighted by atomic mass is 16.5. The van der Waals surface area contributed by atoms with Crippen molar-refractivity contribution >= 4 is 17.7 Å². The number of methoxy groups -OCH3 is 1. The number of ether oxygens (including phenoxy) is 2. The summed E-state index contributed by atoms with van der Waals surface area (Å²) in [7, 11) is 3.08. The first-order chi connectivity index (χ1) is 14.4. The summed E-state index contributed by atoms with van der Waals surface area (Å²) in [5.74, 6) is 2.09. The second-order valence-electron chi connectivity index (χ2n) is 7.38. The number of nitrogens with one attached hydrogen (secondary N) is 3. The molecule has 0 aliphatic carbocycles. The van der Waals surface area contributed by atoms with Gasteiger partial charge in [-0.2, -0.15) is 0 Å². The second-order valence-corrected chi connectivity index (χ2v) is 7.38. The zero-order valence-corrected chi connectivity index (χ0v) is 18.4. The Hall–Kier alpha value is -3.22. The highest BCUT2D eigenvalue weighted by molar-refractivity contribution is 5.84. The minimum Gasteiger partial charge on any atom is -0.493 e. The van der Waals surface area contributed by atoms with Gasteiger partial charge in [-0.25, -0.2) is 4.79 Å². The van der Waals surface area contributed by atoms with E-state index in [9.17, 15) is 4.79 Å². The van der Waals surface area contributed by atoms with Gasteiger partial charge in [-0.05, 0) is 48.2 Å². The van der Waals surface area contributed by atoms with Gasteiger partial charge in [0.1, 0.15) is 5.75 Å². The summed E-state index contributed by atoms with van der Waals surface area (Å²) < 4.78 is 10.3. The van der Waals surface area contributed by atoms with Crippen LogP contribution >= 0.6 is 0 Å². The van der Waals surface area contributed by atoms with E-state index < -0.39 is 6.09 Å². The first kappa shape index (κ1) is 23.1. The Bertz CT molecular complexity index is 817. The van der Waals surface area contributed by atoms with Gasteiger partial charge in [0.25, 0.3) is 0 Å². The van der Waals surface area contributed by atoms with Crippen molar-refractivity contribution in [2.75, 3.05) is 26.1 Å². The number of guanidine groups is 1. The molecular formula is C23H32N4O3. The first-order valence-electron chi connectivity index (χ1n) is 10.0. The van der Waals surface area contributed by atoms with E-state index in [1.54, 1.807) is 7.05 Å². The molecule has 0 radical (unpaired) electrons. The normalized spacial score (nSPS) is 12.3. The van der Waals surface area contributed by atoms with Gasteiger partial charge in [-0.3, -0.25) is 10.3 Å². The number of carbonyl (C=O) groups excluding carboxylic acids is 1. The molecule has 0 saturated carbocycles. The first-order valence-corrected chi connectivity index (χ1v) is 10.0. The summed E-state index contributed by atoms with van der Waals surface area (Å²) in [5.41, 5.74) is 2.89. The minimum atomic E-state index is -0.487. The number of carbonyl (C=O) groups is 1. The van der Waals surface area contributed by atoms with Gasteiger partial charge in [0, 0.05) is 19.3 Å². The number of anilines is 1. The molecule has 1 unspecified atom stereocenters. The SMILES string of the molecule is CN=C(NCc1ccc(NC(=O)OC)cc1)NC(C)c1ccc(OCC(C)C)cc1. The molecule has 0 saturated heterocycles. The zero-order chi connectivity index (χ0) is 21.9. The lowest BCUT2D eigenvalue weighted by molar-refractivity contribution is 0.187. The van der Waals surface area contributed by atoms with Crippen molar-refractivity contribution in [1.82, 2.24) is 10.6 Å². The molecule has 2 aromatic carbocycles. The van der Waals surface area contributed by atoms with Crippen LogP contribution in [0.2, 0.25) is 0 Å². The third-order valence-corrected chi connectivity index (χ3v) is 4.39. The number of nitrogens with zero attached hydrogens (tertiary/aromatic N) is 1. The maximum absolute atomic E-state index is 11.2. The average molecular weight is 413 g/mol. The van der Waals surface area contributed by atoms with Crippen LogP contribution in [0.3, 0.4) is 0 Å². The van der Waals surface area contributed by atoms with Crippen LogP contribution in [0.5, 0.6) is 5.75 Å². The van der Waals surface area contributed by atoms with Crippen LogP contribution in [-0.2, 0) is 11.3 Å². The van der Waals surface area contributed by atoms with Gasteiger partial charge in [0.05, 0.1) is 19.8 Å². The maximum atomic E-state index is 11.2. The number of benzene rings is 2. The number of hydrogen-bond acceptors (Lipinski definition) is 4. The molecule has 0 bridgehead atoms. The Kier molecular flexibility index (Phi) is 9.00. The van der Waals surface area contributed by atoms with E-state index in [2.05, 4.69) is 58.6 Å². The second kappa shape index (κ2) is 11.7.